The van der Waals surface area contributed by atoms with E-state index >= 15 is 0 Å². The summed E-state index contributed by atoms with van der Waals surface area (Å²) in [6.45, 7) is 5.46. The summed E-state index contributed by atoms with van der Waals surface area (Å²) in [4.78, 5) is 2.22. The third-order valence-corrected chi connectivity index (χ3v) is 2.36. The van der Waals surface area contributed by atoms with Crippen LogP contribution in [0.2, 0.25) is 0 Å². The Labute approximate surface area is 81.4 Å². The zero-order valence-electron chi connectivity index (χ0n) is 9.09. The van der Waals surface area contributed by atoms with Gasteiger partial charge < -0.3 is 4.90 Å². The topological polar surface area (TPSA) is 3.24 Å². The molecular weight excluding hydrogens is 158 g/mol. The van der Waals surface area contributed by atoms with E-state index in [-0.39, 0.29) is 0 Å². The van der Waals surface area contributed by atoms with E-state index in [0.717, 1.165) is 13.0 Å². The van der Waals surface area contributed by atoms with Crippen LogP contribution in [0.3, 0.4) is 0 Å². The molecule has 0 N–H and O–H groups in total. The number of benzene rings is 1. The van der Waals surface area contributed by atoms with Gasteiger partial charge >= 0.3 is 0 Å². The number of aryl methyl sites for hydroxylation is 2. The highest BCUT2D eigenvalue weighted by molar-refractivity contribution is 5.34. The van der Waals surface area contributed by atoms with Crippen molar-refractivity contribution in [2.45, 2.75) is 26.8 Å². The SMILES string of the molecule is CCc1cccc(C)c1CN(C)C. The maximum atomic E-state index is 2.23. The molecule has 72 valence electrons. The van der Waals surface area contributed by atoms with E-state index < -0.39 is 0 Å². The van der Waals surface area contributed by atoms with Crippen LogP contribution in [-0.4, -0.2) is 19.0 Å². The van der Waals surface area contributed by atoms with Crippen molar-refractivity contribution in [1.82, 2.24) is 4.90 Å². The highest BCUT2D eigenvalue weighted by Gasteiger charge is 2.04. The van der Waals surface area contributed by atoms with E-state index in [1.54, 1.807) is 0 Å². The second-order valence-corrected chi connectivity index (χ2v) is 3.80. The second-order valence-electron chi connectivity index (χ2n) is 3.80. The van der Waals surface area contributed by atoms with Gasteiger partial charge in [0, 0.05) is 6.54 Å². The first-order chi connectivity index (χ1) is 6.15. The summed E-state index contributed by atoms with van der Waals surface area (Å²) in [6, 6.07) is 6.57. The van der Waals surface area contributed by atoms with Crippen molar-refractivity contribution in [3.8, 4) is 0 Å². The zero-order valence-corrected chi connectivity index (χ0v) is 9.09. The maximum Gasteiger partial charge on any atom is 0.0233 e. The van der Waals surface area contributed by atoms with Gasteiger partial charge in [-0.2, -0.15) is 0 Å². The van der Waals surface area contributed by atoms with Gasteiger partial charge in [0.1, 0.15) is 0 Å². The molecule has 0 amide bonds. The third-order valence-electron chi connectivity index (χ3n) is 2.36. The molecule has 0 saturated heterocycles. The number of rotatable bonds is 3. The van der Waals surface area contributed by atoms with Gasteiger partial charge in [-0.15, -0.1) is 0 Å². The Morgan fingerprint density at radius 3 is 2.46 bits per heavy atom. The highest BCUT2D eigenvalue weighted by Crippen LogP contribution is 2.15. The number of nitrogens with zero attached hydrogens (tertiary/aromatic N) is 1. The monoisotopic (exact) mass is 177 g/mol. The fraction of sp³-hybridized carbons (Fsp3) is 0.500. The Balaban J connectivity index is 3.00. The zero-order chi connectivity index (χ0) is 9.84. The van der Waals surface area contributed by atoms with Gasteiger partial charge in [-0.3, -0.25) is 0 Å². The largest absolute Gasteiger partial charge is 0.305 e. The molecular formula is C12H19N. The van der Waals surface area contributed by atoms with Crippen LogP contribution in [0.15, 0.2) is 18.2 Å². The molecule has 0 radical (unpaired) electrons. The first-order valence-corrected chi connectivity index (χ1v) is 4.87. The van der Waals surface area contributed by atoms with Crippen molar-refractivity contribution < 1.29 is 0 Å². The maximum absolute atomic E-state index is 2.23. The molecule has 0 aromatic heterocycles. The summed E-state index contributed by atoms with van der Waals surface area (Å²) in [5, 5.41) is 0. The van der Waals surface area contributed by atoms with Gasteiger partial charge in [0.25, 0.3) is 0 Å². The van der Waals surface area contributed by atoms with E-state index in [9.17, 15) is 0 Å². The molecule has 13 heavy (non-hydrogen) atoms. The Bertz CT molecular complexity index is 276. The van der Waals surface area contributed by atoms with E-state index in [2.05, 4.69) is 51.0 Å². The van der Waals surface area contributed by atoms with E-state index in [0.29, 0.717) is 0 Å². The third kappa shape index (κ3) is 2.56. The van der Waals surface area contributed by atoms with Crippen molar-refractivity contribution in [2.75, 3.05) is 14.1 Å². The fourth-order valence-corrected chi connectivity index (χ4v) is 1.64. The normalized spacial score (nSPS) is 10.8. The molecule has 0 unspecified atom stereocenters. The Morgan fingerprint density at radius 2 is 1.92 bits per heavy atom. The smallest absolute Gasteiger partial charge is 0.0233 e. The van der Waals surface area contributed by atoms with Gasteiger partial charge in [0.2, 0.25) is 0 Å². The number of hydrogen-bond donors (Lipinski definition) is 0. The van der Waals surface area contributed by atoms with Gasteiger partial charge in [-0.05, 0) is 44.1 Å². The molecule has 0 aliphatic heterocycles. The summed E-state index contributed by atoms with van der Waals surface area (Å²) >= 11 is 0. The quantitative estimate of drug-likeness (QED) is 0.686. The van der Waals surface area contributed by atoms with E-state index in [1.807, 2.05) is 0 Å². The summed E-state index contributed by atoms with van der Waals surface area (Å²) in [5.74, 6) is 0. The molecule has 0 heterocycles. The predicted molar refractivity (Wildman–Crippen MR) is 57.9 cm³/mol. The minimum Gasteiger partial charge on any atom is -0.305 e. The van der Waals surface area contributed by atoms with Crippen LogP contribution < -0.4 is 0 Å². The predicted octanol–water partition coefficient (Wildman–Crippen LogP) is 2.62. The summed E-state index contributed by atoms with van der Waals surface area (Å²) < 4.78 is 0. The van der Waals surface area contributed by atoms with Gasteiger partial charge in [-0.25, -0.2) is 0 Å². The molecule has 1 aromatic rings. The average Bonchev–Trinajstić information content (AvgIpc) is 2.08. The van der Waals surface area contributed by atoms with Crippen molar-refractivity contribution in [3.63, 3.8) is 0 Å². The van der Waals surface area contributed by atoms with Crippen LogP contribution in [-0.2, 0) is 13.0 Å². The Kier molecular flexibility index (Phi) is 3.49. The molecule has 0 saturated carbocycles. The minimum absolute atomic E-state index is 1.05. The lowest BCUT2D eigenvalue weighted by atomic mass is 10.00. The molecule has 0 fully saturated rings. The molecule has 0 aliphatic carbocycles. The first-order valence-electron chi connectivity index (χ1n) is 4.87. The van der Waals surface area contributed by atoms with Crippen molar-refractivity contribution in [1.29, 1.82) is 0 Å². The molecule has 1 aromatic carbocycles. The molecule has 0 spiro atoms. The van der Waals surface area contributed by atoms with Crippen molar-refractivity contribution in [3.05, 3.63) is 34.9 Å². The van der Waals surface area contributed by atoms with Crippen molar-refractivity contribution >= 4 is 0 Å². The van der Waals surface area contributed by atoms with Gasteiger partial charge in [0.05, 0.1) is 0 Å². The molecule has 1 heteroatoms. The molecule has 1 rings (SSSR count). The van der Waals surface area contributed by atoms with Crippen LogP contribution in [0.1, 0.15) is 23.6 Å². The summed E-state index contributed by atoms with van der Waals surface area (Å²) in [6.07, 6.45) is 1.13. The molecule has 1 nitrogen and oxygen atoms in total. The number of hydrogen-bond acceptors (Lipinski definition) is 1. The highest BCUT2D eigenvalue weighted by atomic mass is 15.0. The lowest BCUT2D eigenvalue weighted by Gasteiger charge is -2.15. The van der Waals surface area contributed by atoms with Crippen molar-refractivity contribution in [2.24, 2.45) is 0 Å². The minimum atomic E-state index is 1.05. The van der Waals surface area contributed by atoms with Gasteiger partial charge in [-0.1, -0.05) is 25.1 Å². The van der Waals surface area contributed by atoms with E-state index in [1.165, 1.54) is 16.7 Å². The second kappa shape index (κ2) is 4.43. The van der Waals surface area contributed by atoms with E-state index in [4.69, 9.17) is 0 Å². The lowest BCUT2D eigenvalue weighted by Crippen LogP contribution is -2.13. The van der Waals surface area contributed by atoms with Crippen LogP contribution in [0.5, 0.6) is 0 Å². The average molecular weight is 177 g/mol. The lowest BCUT2D eigenvalue weighted by molar-refractivity contribution is 0.400. The van der Waals surface area contributed by atoms with Crippen LogP contribution in [0, 0.1) is 6.92 Å². The molecule has 0 bridgehead atoms. The van der Waals surface area contributed by atoms with Crippen LogP contribution >= 0.6 is 0 Å². The Morgan fingerprint density at radius 1 is 1.23 bits per heavy atom. The summed E-state index contributed by atoms with van der Waals surface area (Å²) in [7, 11) is 4.23. The first kappa shape index (κ1) is 10.3. The standard InChI is InChI=1S/C12H19N/c1-5-11-8-6-7-10(2)12(11)9-13(3)4/h6-8H,5,9H2,1-4H3. The van der Waals surface area contributed by atoms with Crippen LogP contribution in [0.25, 0.3) is 0 Å². The summed E-state index contributed by atoms with van der Waals surface area (Å²) in [5.41, 5.74) is 4.39. The van der Waals surface area contributed by atoms with Crippen LogP contribution in [0.4, 0.5) is 0 Å². The fourth-order valence-electron chi connectivity index (χ4n) is 1.64. The van der Waals surface area contributed by atoms with Gasteiger partial charge in [0.15, 0.2) is 0 Å². The molecule has 0 aliphatic rings. The Hall–Kier alpha value is -0.820. The molecule has 0 atom stereocenters.